The number of aryl methyl sites for hydroxylation is 1. The number of rotatable bonds is 6. The number of esters is 1. The van der Waals surface area contributed by atoms with Crippen molar-refractivity contribution in [2.24, 2.45) is 5.92 Å². The number of carbonyl (C=O) groups excluding carboxylic acids is 2. The van der Waals surface area contributed by atoms with E-state index in [1.165, 1.54) is 36.7 Å². The molecule has 1 saturated heterocycles. The van der Waals surface area contributed by atoms with Crippen molar-refractivity contribution in [3.05, 3.63) is 17.4 Å². The zero-order valence-corrected chi connectivity index (χ0v) is 19.3. The van der Waals surface area contributed by atoms with Gasteiger partial charge in [-0.05, 0) is 32.6 Å². The molecule has 3 rings (SSSR count). The average molecular weight is 455 g/mol. The topological polar surface area (TPSA) is 106 Å². The Morgan fingerprint density at radius 1 is 1.10 bits per heavy atom. The van der Waals surface area contributed by atoms with Gasteiger partial charge in [-0.15, -0.1) is 0 Å². The van der Waals surface area contributed by atoms with Crippen molar-refractivity contribution in [3.63, 3.8) is 0 Å². The zero-order valence-electron chi connectivity index (χ0n) is 18.5. The van der Waals surface area contributed by atoms with Crippen molar-refractivity contribution < 1.29 is 27.2 Å². The van der Waals surface area contributed by atoms with Gasteiger partial charge in [0.1, 0.15) is 0 Å². The molecule has 1 atom stereocenters. The summed E-state index contributed by atoms with van der Waals surface area (Å²) in [5.41, 5.74) is 0.413. The molecule has 1 aliphatic carbocycles. The number of amides is 1. The Kier molecular flexibility index (Phi) is 8.16. The second-order valence-corrected chi connectivity index (χ2v) is 10.4. The summed E-state index contributed by atoms with van der Waals surface area (Å²) in [6, 6.07) is 1.03. The third-order valence-electron chi connectivity index (χ3n) is 6.39. The number of furan rings is 1. The minimum absolute atomic E-state index is 0.0179. The fourth-order valence-corrected chi connectivity index (χ4v) is 6.25. The Morgan fingerprint density at radius 2 is 1.74 bits per heavy atom. The van der Waals surface area contributed by atoms with Crippen molar-refractivity contribution in [1.29, 1.82) is 0 Å². The van der Waals surface area contributed by atoms with Crippen LogP contribution in [0.1, 0.15) is 80.3 Å². The number of piperidine rings is 1. The maximum absolute atomic E-state index is 13.3. The van der Waals surface area contributed by atoms with Gasteiger partial charge in [0.25, 0.3) is 10.0 Å². The summed E-state index contributed by atoms with van der Waals surface area (Å²) in [4.78, 5) is 24.6. The van der Waals surface area contributed by atoms with Crippen LogP contribution >= 0.6 is 0 Å². The molecule has 1 N–H and O–H groups in total. The lowest BCUT2D eigenvalue weighted by atomic mass is 9.90. The standard InChI is InChI=1S/C22H34N2O6S/c1-16-14-19(30-20(16)22(26)29-2)31(27,28)24-13-9-8-12-18(24)15-23-21(25)17-10-6-4-3-5-7-11-17/h14,17-18H,3-13,15H2,1-2H3,(H,23,25). The quantitative estimate of drug-likeness (QED) is 0.661. The van der Waals surface area contributed by atoms with Crippen molar-refractivity contribution in [1.82, 2.24) is 9.62 Å². The molecule has 1 unspecified atom stereocenters. The van der Waals surface area contributed by atoms with E-state index in [-0.39, 0.29) is 35.3 Å². The van der Waals surface area contributed by atoms with Gasteiger partial charge in [-0.1, -0.05) is 38.5 Å². The van der Waals surface area contributed by atoms with Crippen LogP contribution in [0.25, 0.3) is 0 Å². The van der Waals surface area contributed by atoms with E-state index in [4.69, 9.17) is 4.42 Å². The van der Waals surface area contributed by atoms with Crippen molar-refractivity contribution in [3.8, 4) is 0 Å². The van der Waals surface area contributed by atoms with Gasteiger partial charge in [-0.3, -0.25) is 4.79 Å². The summed E-state index contributed by atoms with van der Waals surface area (Å²) < 4.78 is 38.0. The predicted molar refractivity (Wildman–Crippen MR) is 115 cm³/mol. The second kappa shape index (κ2) is 10.6. The van der Waals surface area contributed by atoms with Gasteiger partial charge in [0.2, 0.25) is 16.8 Å². The molecule has 31 heavy (non-hydrogen) atoms. The van der Waals surface area contributed by atoms with E-state index in [0.29, 0.717) is 18.5 Å². The molecule has 9 heteroatoms. The lowest BCUT2D eigenvalue weighted by molar-refractivity contribution is -0.125. The SMILES string of the molecule is COC(=O)c1oc(S(=O)(=O)N2CCCCC2CNC(=O)C2CCCCCCC2)cc1C. The number of hydrogen-bond donors (Lipinski definition) is 1. The fraction of sp³-hybridized carbons (Fsp3) is 0.727. The van der Waals surface area contributed by atoms with E-state index in [0.717, 1.165) is 38.5 Å². The van der Waals surface area contributed by atoms with Crippen LogP contribution < -0.4 is 5.32 Å². The van der Waals surface area contributed by atoms with Gasteiger partial charge in [-0.25, -0.2) is 13.2 Å². The summed E-state index contributed by atoms with van der Waals surface area (Å²) in [6.07, 6.45) is 9.87. The number of nitrogens with zero attached hydrogens (tertiary/aromatic N) is 1. The summed E-state index contributed by atoms with van der Waals surface area (Å²) in [5, 5.41) is 2.76. The molecule has 2 fully saturated rings. The molecule has 1 saturated carbocycles. The maximum atomic E-state index is 13.3. The Morgan fingerprint density at radius 3 is 2.42 bits per heavy atom. The van der Waals surface area contributed by atoms with Crippen LogP contribution in [0.3, 0.4) is 0 Å². The van der Waals surface area contributed by atoms with Gasteiger partial charge in [0, 0.05) is 36.7 Å². The molecule has 1 amide bonds. The highest BCUT2D eigenvalue weighted by molar-refractivity contribution is 7.89. The lowest BCUT2D eigenvalue weighted by Crippen LogP contribution is -2.50. The number of ether oxygens (including phenoxy) is 1. The molecular weight excluding hydrogens is 420 g/mol. The highest BCUT2D eigenvalue weighted by Gasteiger charge is 2.37. The number of methoxy groups -OCH3 is 1. The molecule has 2 heterocycles. The molecule has 1 aromatic heterocycles. The summed E-state index contributed by atoms with van der Waals surface area (Å²) >= 11 is 0. The second-order valence-electron chi connectivity index (χ2n) is 8.62. The molecule has 2 aliphatic rings. The third kappa shape index (κ3) is 5.68. The molecule has 1 aromatic rings. The molecule has 1 aliphatic heterocycles. The van der Waals surface area contributed by atoms with E-state index >= 15 is 0 Å². The first kappa shape index (κ1) is 23.8. The lowest BCUT2D eigenvalue weighted by Gasteiger charge is -2.34. The smallest absolute Gasteiger partial charge is 0.374 e. The Labute approximate surface area is 184 Å². The van der Waals surface area contributed by atoms with Crippen molar-refractivity contribution in [2.45, 2.75) is 82.3 Å². The molecular formula is C22H34N2O6S. The van der Waals surface area contributed by atoms with Crippen LogP contribution in [0.2, 0.25) is 0 Å². The Bertz CT molecular complexity index is 871. The number of carbonyl (C=O) groups is 2. The first-order valence-corrected chi connectivity index (χ1v) is 12.8. The minimum atomic E-state index is -3.93. The molecule has 0 aromatic carbocycles. The summed E-state index contributed by atoms with van der Waals surface area (Å²) in [6.45, 7) is 2.26. The first-order chi connectivity index (χ1) is 14.8. The predicted octanol–water partition coefficient (Wildman–Crippen LogP) is 3.39. The number of hydrogen-bond acceptors (Lipinski definition) is 6. The van der Waals surface area contributed by atoms with E-state index in [2.05, 4.69) is 10.1 Å². The van der Waals surface area contributed by atoms with Gasteiger partial charge >= 0.3 is 5.97 Å². The summed E-state index contributed by atoms with van der Waals surface area (Å²) in [7, 11) is -2.71. The normalized spacial score (nSPS) is 21.8. The molecule has 0 spiro atoms. The van der Waals surface area contributed by atoms with Gasteiger partial charge < -0.3 is 14.5 Å². The maximum Gasteiger partial charge on any atom is 0.374 e. The average Bonchev–Trinajstić information content (AvgIpc) is 3.14. The number of sulfonamides is 1. The monoisotopic (exact) mass is 454 g/mol. The van der Waals surface area contributed by atoms with Crippen LogP contribution in [-0.2, 0) is 19.6 Å². The summed E-state index contributed by atoms with van der Waals surface area (Å²) in [5.74, 6) is -0.760. The van der Waals surface area contributed by atoms with Crippen molar-refractivity contribution >= 4 is 21.9 Å². The van der Waals surface area contributed by atoms with Gasteiger partial charge in [0.05, 0.1) is 7.11 Å². The van der Waals surface area contributed by atoms with E-state index in [1.807, 2.05) is 0 Å². The fourth-order valence-electron chi connectivity index (χ4n) is 4.57. The van der Waals surface area contributed by atoms with Gasteiger partial charge in [-0.2, -0.15) is 4.31 Å². The Hall–Kier alpha value is -1.87. The zero-order chi connectivity index (χ0) is 22.4. The van der Waals surface area contributed by atoms with Gasteiger partial charge in [0.15, 0.2) is 0 Å². The highest BCUT2D eigenvalue weighted by atomic mass is 32.2. The third-order valence-corrected chi connectivity index (χ3v) is 8.20. The van der Waals surface area contributed by atoms with E-state index < -0.39 is 16.0 Å². The molecule has 8 nitrogen and oxygen atoms in total. The van der Waals surface area contributed by atoms with Crippen LogP contribution in [0.5, 0.6) is 0 Å². The molecule has 0 radical (unpaired) electrons. The first-order valence-electron chi connectivity index (χ1n) is 11.3. The molecule has 0 bridgehead atoms. The van der Waals surface area contributed by atoms with Crippen LogP contribution in [0.15, 0.2) is 15.6 Å². The van der Waals surface area contributed by atoms with Crippen molar-refractivity contribution in [2.75, 3.05) is 20.2 Å². The number of nitrogens with one attached hydrogen (secondary N) is 1. The van der Waals surface area contributed by atoms with Crippen LogP contribution in [0.4, 0.5) is 0 Å². The van der Waals surface area contributed by atoms with Crippen LogP contribution in [0, 0.1) is 12.8 Å². The highest BCUT2D eigenvalue weighted by Crippen LogP contribution is 2.29. The van der Waals surface area contributed by atoms with Crippen LogP contribution in [-0.4, -0.2) is 50.8 Å². The van der Waals surface area contributed by atoms with E-state index in [9.17, 15) is 18.0 Å². The largest absolute Gasteiger partial charge is 0.463 e. The van der Waals surface area contributed by atoms with E-state index in [1.54, 1.807) is 6.92 Å². The molecule has 174 valence electrons. The Balaban J connectivity index is 1.69. The minimum Gasteiger partial charge on any atom is -0.463 e.